The van der Waals surface area contributed by atoms with Crippen LogP contribution in [-0.4, -0.2) is 46.8 Å². The van der Waals surface area contributed by atoms with E-state index in [2.05, 4.69) is 15.6 Å². The van der Waals surface area contributed by atoms with Crippen LogP contribution in [0.5, 0.6) is 0 Å². The Labute approximate surface area is 167 Å². The van der Waals surface area contributed by atoms with Crippen LogP contribution in [0.25, 0.3) is 0 Å². The van der Waals surface area contributed by atoms with E-state index in [9.17, 15) is 19.1 Å². The Hall–Kier alpha value is -3.10. The van der Waals surface area contributed by atoms with Crippen molar-refractivity contribution in [3.8, 4) is 0 Å². The van der Waals surface area contributed by atoms with Crippen molar-refractivity contribution >= 4 is 11.8 Å². The fourth-order valence-electron chi connectivity index (χ4n) is 2.96. The fourth-order valence-corrected chi connectivity index (χ4v) is 2.96. The molecule has 8 heteroatoms. The van der Waals surface area contributed by atoms with Gasteiger partial charge in [-0.1, -0.05) is 30.4 Å². The Kier molecular flexibility index (Phi) is 7.04. The summed E-state index contributed by atoms with van der Waals surface area (Å²) in [5.74, 6) is -1.01. The van der Waals surface area contributed by atoms with Gasteiger partial charge in [0.25, 0.3) is 5.91 Å². The smallest absolute Gasteiger partial charge is 0.270 e. The first-order chi connectivity index (χ1) is 14.0. The van der Waals surface area contributed by atoms with Crippen molar-refractivity contribution in [1.82, 2.24) is 15.6 Å². The Morgan fingerprint density at radius 3 is 2.76 bits per heavy atom. The maximum atomic E-state index is 13.2. The number of rotatable bonds is 7. The highest BCUT2D eigenvalue weighted by molar-refractivity contribution is 5.92. The van der Waals surface area contributed by atoms with Gasteiger partial charge < -0.3 is 20.5 Å². The third-order valence-corrected chi connectivity index (χ3v) is 4.42. The molecule has 2 aromatic rings. The number of aliphatic hydroxyl groups is 1. The maximum absolute atomic E-state index is 13.2. The van der Waals surface area contributed by atoms with Gasteiger partial charge in [-0.05, 0) is 29.8 Å². The fraction of sp³-hybridized carbons (Fsp3) is 0.286. The van der Waals surface area contributed by atoms with Crippen LogP contribution in [0.3, 0.4) is 0 Å². The summed E-state index contributed by atoms with van der Waals surface area (Å²) in [5, 5.41) is 15.1. The lowest BCUT2D eigenvalue weighted by molar-refractivity contribution is -0.125. The number of aromatic nitrogens is 1. The van der Waals surface area contributed by atoms with E-state index in [4.69, 9.17) is 4.74 Å². The summed E-state index contributed by atoms with van der Waals surface area (Å²) >= 11 is 0. The van der Waals surface area contributed by atoms with Gasteiger partial charge >= 0.3 is 0 Å². The van der Waals surface area contributed by atoms with Gasteiger partial charge in [0, 0.05) is 12.7 Å². The molecular weight excluding hydrogens is 377 g/mol. The minimum atomic E-state index is -0.686. The zero-order valence-electron chi connectivity index (χ0n) is 15.6. The summed E-state index contributed by atoms with van der Waals surface area (Å²) in [6, 6.07) is 10.4. The van der Waals surface area contributed by atoms with Gasteiger partial charge in [-0.2, -0.15) is 0 Å². The first-order valence-electron chi connectivity index (χ1n) is 9.23. The number of pyridine rings is 1. The Morgan fingerprint density at radius 2 is 2.03 bits per heavy atom. The molecule has 1 aliphatic heterocycles. The molecule has 1 aromatic heterocycles. The molecule has 0 unspecified atom stereocenters. The van der Waals surface area contributed by atoms with Crippen molar-refractivity contribution in [1.29, 1.82) is 0 Å². The summed E-state index contributed by atoms with van der Waals surface area (Å²) in [6.45, 7) is -0.113. The molecule has 7 nitrogen and oxygen atoms in total. The van der Waals surface area contributed by atoms with Crippen molar-refractivity contribution in [3.63, 3.8) is 0 Å². The van der Waals surface area contributed by atoms with E-state index in [1.165, 1.54) is 18.3 Å². The molecule has 3 atom stereocenters. The lowest BCUT2D eigenvalue weighted by atomic mass is 10.0. The van der Waals surface area contributed by atoms with Gasteiger partial charge in [0.2, 0.25) is 5.91 Å². The largest absolute Gasteiger partial charge is 0.394 e. The van der Waals surface area contributed by atoms with E-state index >= 15 is 0 Å². The predicted octanol–water partition coefficient (Wildman–Crippen LogP) is 1.34. The third-order valence-electron chi connectivity index (χ3n) is 4.42. The Balaban J connectivity index is 1.52. The molecule has 152 valence electrons. The van der Waals surface area contributed by atoms with Crippen LogP contribution >= 0.6 is 0 Å². The number of nitrogens with one attached hydrogen (secondary N) is 2. The van der Waals surface area contributed by atoms with Crippen LogP contribution in [0.1, 0.15) is 22.5 Å². The summed E-state index contributed by atoms with van der Waals surface area (Å²) < 4.78 is 18.9. The van der Waals surface area contributed by atoms with Crippen molar-refractivity contribution < 1.29 is 23.8 Å². The number of halogens is 1. The van der Waals surface area contributed by atoms with Gasteiger partial charge in [0.05, 0.1) is 25.2 Å². The van der Waals surface area contributed by atoms with Crippen molar-refractivity contribution in [2.24, 2.45) is 0 Å². The molecule has 0 spiro atoms. The molecule has 0 bridgehead atoms. The lowest BCUT2D eigenvalue weighted by Gasteiger charge is -2.31. The normalized spacial score (nSPS) is 20.8. The number of carbonyl (C=O) groups is 2. The van der Waals surface area contributed by atoms with Crippen LogP contribution < -0.4 is 10.6 Å². The van der Waals surface area contributed by atoms with Crippen LogP contribution in [0.15, 0.2) is 60.8 Å². The number of nitrogens with zero attached hydrogens (tertiary/aromatic N) is 1. The van der Waals surface area contributed by atoms with E-state index in [1.54, 1.807) is 42.5 Å². The highest BCUT2D eigenvalue weighted by Gasteiger charge is 2.29. The minimum absolute atomic E-state index is 0.0449. The number of hydrogen-bond acceptors (Lipinski definition) is 5. The van der Waals surface area contributed by atoms with Gasteiger partial charge in [-0.25, -0.2) is 4.39 Å². The average Bonchev–Trinajstić information content (AvgIpc) is 2.74. The molecule has 0 saturated heterocycles. The maximum Gasteiger partial charge on any atom is 0.270 e. The van der Waals surface area contributed by atoms with Crippen LogP contribution in [-0.2, 0) is 16.1 Å². The molecule has 3 rings (SSSR count). The molecule has 0 fully saturated rings. The second kappa shape index (κ2) is 9.90. The van der Waals surface area contributed by atoms with Crippen molar-refractivity contribution in [2.75, 3.05) is 6.61 Å². The molecule has 1 aromatic carbocycles. The van der Waals surface area contributed by atoms with Gasteiger partial charge in [0.15, 0.2) is 0 Å². The van der Waals surface area contributed by atoms with E-state index in [0.29, 0.717) is 5.56 Å². The van der Waals surface area contributed by atoms with E-state index < -0.39 is 18.2 Å². The molecule has 3 N–H and O–H groups in total. The van der Waals surface area contributed by atoms with E-state index in [1.807, 2.05) is 0 Å². The van der Waals surface area contributed by atoms with E-state index in [0.717, 1.165) is 0 Å². The Morgan fingerprint density at radius 1 is 1.17 bits per heavy atom. The number of benzene rings is 1. The SMILES string of the molecule is O=C(C[C@@H]1C=C[C@H](NC(=O)c2ccccn2)[C@H](CO)O1)NCc1cccc(F)c1. The average molecular weight is 399 g/mol. The first kappa shape index (κ1) is 20.6. The van der Waals surface area contributed by atoms with Gasteiger partial charge in [-0.15, -0.1) is 0 Å². The molecule has 2 amide bonds. The monoisotopic (exact) mass is 399 g/mol. The van der Waals surface area contributed by atoms with Crippen LogP contribution in [0, 0.1) is 5.82 Å². The topological polar surface area (TPSA) is 101 Å². The molecule has 29 heavy (non-hydrogen) atoms. The van der Waals surface area contributed by atoms with Crippen molar-refractivity contribution in [2.45, 2.75) is 31.2 Å². The third kappa shape index (κ3) is 5.94. The highest BCUT2D eigenvalue weighted by Crippen LogP contribution is 2.16. The minimum Gasteiger partial charge on any atom is -0.394 e. The first-order valence-corrected chi connectivity index (χ1v) is 9.23. The summed E-state index contributed by atoms with van der Waals surface area (Å²) in [7, 11) is 0. The summed E-state index contributed by atoms with van der Waals surface area (Å²) in [6.07, 6.45) is 3.72. The van der Waals surface area contributed by atoms with Crippen molar-refractivity contribution in [3.05, 3.63) is 77.9 Å². The second-order valence-corrected chi connectivity index (χ2v) is 6.61. The number of carbonyl (C=O) groups excluding carboxylic acids is 2. The molecule has 2 heterocycles. The van der Waals surface area contributed by atoms with Gasteiger partial charge in [0.1, 0.15) is 17.6 Å². The van der Waals surface area contributed by atoms with Gasteiger partial charge in [-0.3, -0.25) is 14.6 Å². The summed E-state index contributed by atoms with van der Waals surface area (Å²) in [4.78, 5) is 28.4. The zero-order valence-corrected chi connectivity index (χ0v) is 15.6. The molecule has 0 aliphatic carbocycles. The highest BCUT2D eigenvalue weighted by atomic mass is 19.1. The standard InChI is InChI=1S/C21H22FN3O4/c22-15-5-3-4-14(10-15)12-24-20(27)11-16-7-8-17(19(13-26)29-16)25-21(28)18-6-1-2-9-23-18/h1-10,16-17,19,26H,11-13H2,(H,24,27)(H,25,28)/t16-,17-,19-/m0/s1. The zero-order chi connectivity index (χ0) is 20.6. The predicted molar refractivity (Wildman–Crippen MR) is 103 cm³/mol. The molecule has 0 radical (unpaired) electrons. The number of ether oxygens (including phenoxy) is 1. The Bertz CT molecular complexity index is 875. The molecule has 0 saturated carbocycles. The van der Waals surface area contributed by atoms with E-state index in [-0.39, 0.29) is 42.9 Å². The molecule has 1 aliphatic rings. The number of hydrogen-bond donors (Lipinski definition) is 3. The van der Waals surface area contributed by atoms with Crippen LogP contribution in [0.2, 0.25) is 0 Å². The number of amides is 2. The number of aliphatic hydroxyl groups excluding tert-OH is 1. The quantitative estimate of drug-likeness (QED) is 0.610. The summed E-state index contributed by atoms with van der Waals surface area (Å²) in [5.41, 5.74) is 0.917. The van der Waals surface area contributed by atoms with Crippen LogP contribution in [0.4, 0.5) is 4.39 Å². The second-order valence-electron chi connectivity index (χ2n) is 6.61. The lowest BCUT2D eigenvalue weighted by Crippen LogP contribution is -2.49. The molecular formula is C21H22FN3O4.